The lowest BCUT2D eigenvalue weighted by molar-refractivity contribution is -0.126. The van der Waals surface area contributed by atoms with Crippen molar-refractivity contribution in [2.24, 2.45) is 0 Å². The van der Waals surface area contributed by atoms with Gasteiger partial charge in [-0.15, -0.1) is 0 Å². The third-order valence-corrected chi connectivity index (χ3v) is 3.77. The highest BCUT2D eigenvalue weighted by Gasteiger charge is 2.10. The number of amides is 2. The predicted octanol–water partition coefficient (Wildman–Crippen LogP) is 2.59. The minimum absolute atomic E-state index is 0.0432. The van der Waals surface area contributed by atoms with E-state index in [1.54, 1.807) is 31.4 Å². The molecule has 0 aliphatic heterocycles. The quantitative estimate of drug-likeness (QED) is 0.564. The number of anilines is 1. The summed E-state index contributed by atoms with van der Waals surface area (Å²) in [7, 11) is 1.60. The van der Waals surface area contributed by atoms with Gasteiger partial charge in [0.25, 0.3) is 0 Å². The number of Topliss-reactive ketones (excluding diaryl/α,β-unsaturated/α-hetero) is 1. The van der Waals surface area contributed by atoms with Crippen LogP contribution in [-0.2, 0) is 16.0 Å². The maximum absolute atomic E-state index is 11.9. The molecule has 26 heavy (non-hydrogen) atoms. The van der Waals surface area contributed by atoms with Gasteiger partial charge in [0, 0.05) is 17.8 Å². The lowest BCUT2D eigenvalue weighted by atomic mass is 10.1. The number of hydrogen-bond acceptors (Lipinski definition) is 4. The second-order valence-electron chi connectivity index (χ2n) is 5.81. The number of ketones is 1. The van der Waals surface area contributed by atoms with Crippen LogP contribution in [0.3, 0.4) is 0 Å². The zero-order chi connectivity index (χ0) is 18.9. The molecule has 0 spiro atoms. The first kappa shape index (κ1) is 19.2. The Morgan fingerprint density at radius 2 is 1.73 bits per heavy atom. The van der Waals surface area contributed by atoms with E-state index in [1.807, 2.05) is 24.3 Å². The van der Waals surface area contributed by atoms with Gasteiger partial charge < -0.3 is 15.4 Å². The Kier molecular flexibility index (Phi) is 6.91. The smallest absolute Gasteiger partial charge is 0.233 e. The third-order valence-electron chi connectivity index (χ3n) is 3.77. The lowest BCUT2D eigenvalue weighted by Gasteiger charge is -2.08. The summed E-state index contributed by atoms with van der Waals surface area (Å²) in [6.45, 7) is 1.91. The van der Waals surface area contributed by atoms with Crippen LogP contribution in [-0.4, -0.2) is 31.3 Å². The number of carbonyl (C=O) groups is 3. The molecule has 136 valence electrons. The fraction of sp³-hybridized carbons (Fsp3) is 0.250. The van der Waals surface area contributed by atoms with Crippen molar-refractivity contribution in [1.82, 2.24) is 5.32 Å². The summed E-state index contributed by atoms with van der Waals surface area (Å²) in [5, 5.41) is 5.36. The summed E-state index contributed by atoms with van der Waals surface area (Å²) in [6, 6.07) is 14.1. The van der Waals surface area contributed by atoms with Crippen molar-refractivity contribution in [2.45, 2.75) is 19.8 Å². The Morgan fingerprint density at radius 3 is 2.38 bits per heavy atom. The molecule has 0 fully saturated rings. The molecular weight excluding hydrogens is 332 g/mol. The van der Waals surface area contributed by atoms with Crippen LogP contribution in [0.5, 0.6) is 5.75 Å². The second kappa shape index (κ2) is 9.36. The number of ether oxygens (including phenoxy) is 1. The first-order valence-electron chi connectivity index (χ1n) is 8.28. The van der Waals surface area contributed by atoms with Crippen LogP contribution in [0.25, 0.3) is 0 Å². The highest BCUT2D eigenvalue weighted by atomic mass is 16.5. The molecule has 2 amide bonds. The topological polar surface area (TPSA) is 84.5 Å². The van der Waals surface area contributed by atoms with Gasteiger partial charge in [-0.25, -0.2) is 0 Å². The number of carbonyl (C=O) groups excluding carboxylic acids is 3. The van der Waals surface area contributed by atoms with Crippen molar-refractivity contribution in [1.29, 1.82) is 0 Å². The van der Waals surface area contributed by atoms with E-state index in [0.717, 1.165) is 11.3 Å². The molecule has 0 aliphatic carbocycles. The van der Waals surface area contributed by atoms with E-state index in [4.69, 9.17) is 4.74 Å². The fourth-order valence-corrected chi connectivity index (χ4v) is 2.38. The molecule has 0 saturated heterocycles. The van der Waals surface area contributed by atoms with Crippen LogP contribution in [0.15, 0.2) is 48.5 Å². The predicted molar refractivity (Wildman–Crippen MR) is 99.4 cm³/mol. The maximum atomic E-state index is 11.9. The van der Waals surface area contributed by atoms with Crippen LogP contribution in [0.4, 0.5) is 5.69 Å². The van der Waals surface area contributed by atoms with E-state index in [2.05, 4.69) is 10.6 Å². The van der Waals surface area contributed by atoms with E-state index >= 15 is 0 Å². The van der Waals surface area contributed by atoms with Gasteiger partial charge in [-0.1, -0.05) is 12.1 Å². The van der Waals surface area contributed by atoms with Crippen LogP contribution in [0, 0.1) is 0 Å². The molecule has 2 aromatic carbocycles. The van der Waals surface area contributed by atoms with Gasteiger partial charge in [-0.2, -0.15) is 0 Å². The number of rotatable bonds is 8. The Labute approximate surface area is 152 Å². The Morgan fingerprint density at radius 1 is 1.00 bits per heavy atom. The van der Waals surface area contributed by atoms with Crippen LogP contribution in [0.2, 0.25) is 0 Å². The monoisotopic (exact) mass is 354 g/mol. The van der Waals surface area contributed by atoms with E-state index in [1.165, 1.54) is 6.92 Å². The molecule has 0 unspecified atom stereocenters. The minimum atomic E-state index is -0.403. The molecule has 0 heterocycles. The van der Waals surface area contributed by atoms with Gasteiger partial charge in [-0.3, -0.25) is 14.4 Å². The highest BCUT2D eigenvalue weighted by Crippen LogP contribution is 2.13. The Hall–Kier alpha value is -3.15. The maximum Gasteiger partial charge on any atom is 0.233 e. The molecule has 2 rings (SSSR count). The number of benzene rings is 2. The summed E-state index contributed by atoms with van der Waals surface area (Å²) >= 11 is 0. The Balaban J connectivity index is 1.74. The van der Waals surface area contributed by atoms with E-state index < -0.39 is 5.91 Å². The molecule has 2 N–H and O–H groups in total. The molecule has 0 aliphatic rings. The summed E-state index contributed by atoms with van der Waals surface area (Å²) in [4.78, 5) is 35.0. The standard InChI is InChI=1S/C20H22N2O4/c1-14(23)16-6-8-17(9-7-16)22-20(25)13-19(24)21-11-10-15-4-3-5-18(12-15)26-2/h3-9,12H,10-11,13H2,1-2H3,(H,21,24)(H,22,25). The Bertz CT molecular complexity index is 785. The van der Waals surface area contributed by atoms with Gasteiger partial charge in [0.15, 0.2) is 5.78 Å². The van der Waals surface area contributed by atoms with Gasteiger partial charge in [0.1, 0.15) is 12.2 Å². The van der Waals surface area contributed by atoms with E-state index in [9.17, 15) is 14.4 Å². The van der Waals surface area contributed by atoms with Crippen molar-refractivity contribution in [2.75, 3.05) is 19.0 Å². The zero-order valence-corrected chi connectivity index (χ0v) is 14.9. The molecule has 0 radical (unpaired) electrons. The highest BCUT2D eigenvalue weighted by molar-refractivity contribution is 6.03. The van der Waals surface area contributed by atoms with Crippen molar-refractivity contribution < 1.29 is 19.1 Å². The van der Waals surface area contributed by atoms with Crippen LogP contribution < -0.4 is 15.4 Å². The summed E-state index contributed by atoms with van der Waals surface area (Å²) in [5.74, 6) is -0.0208. The molecule has 0 atom stereocenters. The minimum Gasteiger partial charge on any atom is -0.497 e. The molecule has 6 nitrogen and oxygen atoms in total. The van der Waals surface area contributed by atoms with Crippen LogP contribution >= 0.6 is 0 Å². The first-order valence-corrected chi connectivity index (χ1v) is 8.28. The summed E-state index contributed by atoms with van der Waals surface area (Å²) in [6.07, 6.45) is 0.392. The van der Waals surface area contributed by atoms with Gasteiger partial charge in [0.2, 0.25) is 11.8 Å². The average molecular weight is 354 g/mol. The third kappa shape index (κ3) is 6.05. The summed E-state index contributed by atoms with van der Waals surface area (Å²) in [5.41, 5.74) is 2.15. The largest absolute Gasteiger partial charge is 0.497 e. The second-order valence-corrected chi connectivity index (χ2v) is 5.81. The van der Waals surface area contributed by atoms with Crippen LogP contribution in [0.1, 0.15) is 29.3 Å². The molecule has 0 bridgehead atoms. The molecule has 0 aromatic heterocycles. The van der Waals surface area contributed by atoms with E-state index in [0.29, 0.717) is 24.2 Å². The van der Waals surface area contributed by atoms with Gasteiger partial charge in [-0.05, 0) is 55.3 Å². The summed E-state index contributed by atoms with van der Waals surface area (Å²) < 4.78 is 5.15. The number of methoxy groups -OCH3 is 1. The average Bonchev–Trinajstić information content (AvgIpc) is 2.62. The van der Waals surface area contributed by atoms with Crippen molar-refractivity contribution in [3.05, 3.63) is 59.7 Å². The molecule has 2 aromatic rings. The molecular formula is C20H22N2O4. The molecule has 0 saturated carbocycles. The first-order chi connectivity index (χ1) is 12.5. The van der Waals surface area contributed by atoms with Crippen molar-refractivity contribution in [3.8, 4) is 5.75 Å². The number of nitrogens with one attached hydrogen (secondary N) is 2. The van der Waals surface area contributed by atoms with Gasteiger partial charge in [0.05, 0.1) is 7.11 Å². The zero-order valence-electron chi connectivity index (χ0n) is 14.9. The molecule has 6 heteroatoms. The van der Waals surface area contributed by atoms with Crippen molar-refractivity contribution in [3.63, 3.8) is 0 Å². The number of hydrogen-bond donors (Lipinski definition) is 2. The van der Waals surface area contributed by atoms with E-state index in [-0.39, 0.29) is 18.1 Å². The normalized spacial score (nSPS) is 10.1. The van der Waals surface area contributed by atoms with Gasteiger partial charge >= 0.3 is 0 Å². The fourth-order valence-electron chi connectivity index (χ4n) is 2.38. The SMILES string of the molecule is COc1cccc(CCNC(=O)CC(=O)Nc2ccc(C(C)=O)cc2)c1. The van der Waals surface area contributed by atoms with Crippen molar-refractivity contribution >= 4 is 23.3 Å². The lowest BCUT2D eigenvalue weighted by Crippen LogP contribution is -2.29.